The standard InChI is InChI=1S/C19H18N2O2/c1-14-5-3-7-17(13-14)19(23)20-12-4-6-16-8-10-18(11-9-16)21-15(2)22/h3,5,7-11,13H,12H2,1-2H3,(H,20,23)(H,21,22). The van der Waals surface area contributed by atoms with E-state index in [0.717, 1.165) is 16.8 Å². The van der Waals surface area contributed by atoms with E-state index in [1.54, 1.807) is 18.2 Å². The van der Waals surface area contributed by atoms with E-state index < -0.39 is 0 Å². The van der Waals surface area contributed by atoms with Crippen LogP contribution in [0.1, 0.15) is 28.4 Å². The van der Waals surface area contributed by atoms with Crippen LogP contribution in [-0.2, 0) is 4.79 Å². The Labute approximate surface area is 135 Å². The largest absolute Gasteiger partial charge is 0.341 e. The lowest BCUT2D eigenvalue weighted by Crippen LogP contribution is -2.23. The number of amides is 2. The molecule has 0 bridgehead atoms. The van der Waals surface area contributed by atoms with Gasteiger partial charge in [-0.2, -0.15) is 0 Å². The third-order valence-electron chi connectivity index (χ3n) is 3.06. The maximum atomic E-state index is 11.9. The van der Waals surface area contributed by atoms with Gasteiger partial charge >= 0.3 is 0 Å². The molecule has 0 heterocycles. The molecule has 0 radical (unpaired) electrons. The van der Waals surface area contributed by atoms with E-state index in [1.165, 1.54) is 6.92 Å². The number of anilines is 1. The third-order valence-corrected chi connectivity index (χ3v) is 3.06. The lowest BCUT2D eigenvalue weighted by atomic mass is 10.1. The smallest absolute Gasteiger partial charge is 0.252 e. The predicted molar refractivity (Wildman–Crippen MR) is 91.1 cm³/mol. The van der Waals surface area contributed by atoms with E-state index in [9.17, 15) is 9.59 Å². The molecule has 2 amide bonds. The number of benzene rings is 2. The quantitative estimate of drug-likeness (QED) is 0.857. The molecule has 2 aromatic rings. The summed E-state index contributed by atoms with van der Waals surface area (Å²) in [6, 6.07) is 14.6. The predicted octanol–water partition coefficient (Wildman–Crippen LogP) is 2.73. The number of carbonyl (C=O) groups is 2. The van der Waals surface area contributed by atoms with Gasteiger partial charge in [-0.05, 0) is 43.3 Å². The van der Waals surface area contributed by atoms with Crippen molar-refractivity contribution in [3.8, 4) is 11.8 Å². The fraction of sp³-hybridized carbons (Fsp3) is 0.158. The van der Waals surface area contributed by atoms with Gasteiger partial charge in [0.2, 0.25) is 5.91 Å². The average Bonchev–Trinajstić information content (AvgIpc) is 2.52. The molecule has 2 N–H and O–H groups in total. The first-order valence-corrected chi connectivity index (χ1v) is 7.26. The molecule has 116 valence electrons. The van der Waals surface area contributed by atoms with Gasteiger partial charge in [-0.1, -0.05) is 29.5 Å². The molecule has 0 saturated carbocycles. The molecule has 2 aromatic carbocycles. The van der Waals surface area contributed by atoms with E-state index in [4.69, 9.17) is 0 Å². The van der Waals surface area contributed by atoms with Gasteiger partial charge in [-0.25, -0.2) is 0 Å². The Balaban J connectivity index is 1.88. The van der Waals surface area contributed by atoms with Gasteiger partial charge in [-0.3, -0.25) is 9.59 Å². The summed E-state index contributed by atoms with van der Waals surface area (Å²) in [4.78, 5) is 22.9. The highest BCUT2D eigenvalue weighted by atomic mass is 16.2. The SMILES string of the molecule is CC(=O)Nc1ccc(C#CCNC(=O)c2cccc(C)c2)cc1. The first-order chi connectivity index (χ1) is 11.0. The zero-order chi connectivity index (χ0) is 16.7. The van der Waals surface area contributed by atoms with Crippen molar-refractivity contribution >= 4 is 17.5 Å². The normalized spacial score (nSPS) is 9.48. The summed E-state index contributed by atoms with van der Waals surface area (Å²) in [7, 11) is 0. The summed E-state index contributed by atoms with van der Waals surface area (Å²) < 4.78 is 0. The zero-order valence-corrected chi connectivity index (χ0v) is 13.1. The third kappa shape index (κ3) is 5.33. The van der Waals surface area contributed by atoms with Crippen LogP contribution < -0.4 is 10.6 Å². The molecular weight excluding hydrogens is 288 g/mol. The second-order valence-electron chi connectivity index (χ2n) is 5.11. The number of hydrogen-bond donors (Lipinski definition) is 2. The van der Waals surface area contributed by atoms with Gasteiger partial charge in [0.1, 0.15) is 0 Å². The Bertz CT molecular complexity index is 768. The fourth-order valence-corrected chi connectivity index (χ4v) is 2.00. The Morgan fingerprint density at radius 3 is 2.48 bits per heavy atom. The Morgan fingerprint density at radius 2 is 1.83 bits per heavy atom. The summed E-state index contributed by atoms with van der Waals surface area (Å²) >= 11 is 0. The molecule has 0 aliphatic rings. The van der Waals surface area contributed by atoms with Gasteiger partial charge in [0.05, 0.1) is 6.54 Å². The Hall–Kier alpha value is -3.06. The Morgan fingerprint density at radius 1 is 1.09 bits per heavy atom. The molecule has 4 nitrogen and oxygen atoms in total. The maximum absolute atomic E-state index is 11.9. The van der Waals surface area contributed by atoms with E-state index in [-0.39, 0.29) is 18.4 Å². The summed E-state index contributed by atoms with van der Waals surface area (Å²) in [6.07, 6.45) is 0. The van der Waals surface area contributed by atoms with Crippen LogP contribution in [0.5, 0.6) is 0 Å². The second kappa shape index (κ2) is 7.81. The first-order valence-electron chi connectivity index (χ1n) is 7.26. The van der Waals surface area contributed by atoms with Crippen LogP contribution in [0.15, 0.2) is 48.5 Å². The highest BCUT2D eigenvalue weighted by molar-refractivity contribution is 5.94. The van der Waals surface area contributed by atoms with Crippen molar-refractivity contribution in [1.82, 2.24) is 5.32 Å². The lowest BCUT2D eigenvalue weighted by molar-refractivity contribution is -0.114. The molecule has 0 aliphatic heterocycles. The van der Waals surface area contributed by atoms with Crippen molar-refractivity contribution in [2.75, 3.05) is 11.9 Å². The highest BCUT2D eigenvalue weighted by Crippen LogP contribution is 2.08. The molecule has 0 aromatic heterocycles. The minimum Gasteiger partial charge on any atom is -0.341 e. The van der Waals surface area contributed by atoms with Gasteiger partial charge in [0.25, 0.3) is 5.91 Å². The summed E-state index contributed by atoms with van der Waals surface area (Å²) in [5, 5.41) is 5.46. The molecule has 0 fully saturated rings. The summed E-state index contributed by atoms with van der Waals surface area (Å²) in [5.74, 6) is 5.63. The first kappa shape index (κ1) is 16.3. The second-order valence-corrected chi connectivity index (χ2v) is 5.11. The van der Waals surface area contributed by atoms with E-state index in [2.05, 4.69) is 22.5 Å². The van der Waals surface area contributed by atoms with Crippen LogP contribution in [0, 0.1) is 18.8 Å². The van der Waals surface area contributed by atoms with Crippen LogP contribution >= 0.6 is 0 Å². The molecule has 4 heteroatoms. The zero-order valence-electron chi connectivity index (χ0n) is 13.1. The van der Waals surface area contributed by atoms with Gasteiger partial charge in [0, 0.05) is 23.7 Å². The average molecular weight is 306 g/mol. The van der Waals surface area contributed by atoms with Gasteiger partial charge < -0.3 is 10.6 Å². The Kier molecular flexibility index (Phi) is 5.54. The minimum absolute atomic E-state index is 0.109. The van der Waals surface area contributed by atoms with Gasteiger partial charge in [-0.15, -0.1) is 0 Å². The molecule has 0 saturated heterocycles. The van der Waals surface area contributed by atoms with Crippen molar-refractivity contribution in [3.05, 3.63) is 65.2 Å². The number of carbonyl (C=O) groups excluding carboxylic acids is 2. The molecule has 0 spiro atoms. The van der Waals surface area contributed by atoms with Crippen LogP contribution in [0.4, 0.5) is 5.69 Å². The number of nitrogens with one attached hydrogen (secondary N) is 2. The van der Waals surface area contributed by atoms with Crippen LogP contribution in [0.2, 0.25) is 0 Å². The molecule has 0 aliphatic carbocycles. The minimum atomic E-state index is -0.135. The van der Waals surface area contributed by atoms with Crippen molar-refractivity contribution in [2.45, 2.75) is 13.8 Å². The van der Waals surface area contributed by atoms with E-state index in [0.29, 0.717) is 5.56 Å². The van der Waals surface area contributed by atoms with Gasteiger partial charge in [0.15, 0.2) is 0 Å². The number of aryl methyl sites for hydroxylation is 1. The number of rotatable bonds is 3. The van der Waals surface area contributed by atoms with Crippen molar-refractivity contribution in [3.63, 3.8) is 0 Å². The van der Waals surface area contributed by atoms with Crippen molar-refractivity contribution in [2.24, 2.45) is 0 Å². The van der Waals surface area contributed by atoms with Crippen LogP contribution in [0.25, 0.3) is 0 Å². The van der Waals surface area contributed by atoms with Crippen molar-refractivity contribution in [1.29, 1.82) is 0 Å². The summed E-state index contributed by atoms with van der Waals surface area (Å²) in [6.45, 7) is 3.69. The molecule has 0 unspecified atom stereocenters. The molecule has 2 rings (SSSR count). The van der Waals surface area contributed by atoms with Crippen LogP contribution in [0.3, 0.4) is 0 Å². The van der Waals surface area contributed by atoms with Crippen LogP contribution in [-0.4, -0.2) is 18.4 Å². The molecule has 23 heavy (non-hydrogen) atoms. The van der Waals surface area contributed by atoms with E-state index >= 15 is 0 Å². The van der Waals surface area contributed by atoms with Crippen molar-refractivity contribution < 1.29 is 9.59 Å². The fourth-order valence-electron chi connectivity index (χ4n) is 2.00. The molecule has 0 atom stereocenters. The topological polar surface area (TPSA) is 58.2 Å². The lowest BCUT2D eigenvalue weighted by Gasteiger charge is -2.02. The number of hydrogen-bond acceptors (Lipinski definition) is 2. The monoisotopic (exact) mass is 306 g/mol. The molecular formula is C19H18N2O2. The summed E-state index contributed by atoms with van der Waals surface area (Å²) in [5.41, 5.74) is 3.23. The highest BCUT2D eigenvalue weighted by Gasteiger charge is 2.02. The van der Waals surface area contributed by atoms with E-state index in [1.807, 2.05) is 37.3 Å². The maximum Gasteiger partial charge on any atom is 0.252 e.